The average molecular weight is 463 g/mol. The monoisotopic (exact) mass is 463 g/mol. The number of rotatable bonds is 6. The number of aryl methyl sites for hydroxylation is 2. The lowest BCUT2D eigenvalue weighted by Gasteiger charge is -2.19. The summed E-state index contributed by atoms with van der Waals surface area (Å²) in [5, 5.41) is 17.0. The van der Waals surface area contributed by atoms with Crippen LogP contribution >= 0.6 is 35.7 Å². The number of hydrogen-bond acceptors (Lipinski definition) is 3. The van der Waals surface area contributed by atoms with Gasteiger partial charge in [0.2, 0.25) is 0 Å². The van der Waals surface area contributed by atoms with Gasteiger partial charge in [0.15, 0.2) is 5.96 Å². The highest BCUT2D eigenvalue weighted by Gasteiger charge is 2.31. The minimum Gasteiger partial charge on any atom is -0.387 e. The summed E-state index contributed by atoms with van der Waals surface area (Å²) in [5.74, 6) is 2.61. The molecule has 1 heterocycles. The van der Waals surface area contributed by atoms with E-state index in [1.165, 1.54) is 16.7 Å². The summed E-state index contributed by atoms with van der Waals surface area (Å²) in [6.07, 6.45) is 1.80. The van der Waals surface area contributed by atoms with Crippen LogP contribution in [-0.4, -0.2) is 47.8 Å². The number of nitrogens with one attached hydrogen (secondary N) is 2. The number of halogens is 1. The van der Waals surface area contributed by atoms with Gasteiger partial charge in [-0.05, 0) is 44.9 Å². The molecule has 1 aliphatic heterocycles. The summed E-state index contributed by atoms with van der Waals surface area (Å²) < 4.78 is 0. The largest absolute Gasteiger partial charge is 0.387 e. The van der Waals surface area contributed by atoms with Gasteiger partial charge in [-0.15, -0.1) is 24.0 Å². The predicted molar refractivity (Wildman–Crippen MR) is 116 cm³/mol. The number of aliphatic hydroxyl groups is 1. The van der Waals surface area contributed by atoms with Crippen LogP contribution in [-0.2, 0) is 6.42 Å². The van der Waals surface area contributed by atoms with Crippen LogP contribution in [0, 0.1) is 13.8 Å². The maximum absolute atomic E-state index is 10.4. The molecule has 2 rings (SSSR count). The van der Waals surface area contributed by atoms with Crippen molar-refractivity contribution in [1.29, 1.82) is 0 Å². The smallest absolute Gasteiger partial charge is 0.191 e. The van der Waals surface area contributed by atoms with E-state index in [-0.39, 0.29) is 24.0 Å². The average Bonchev–Trinajstić information content (AvgIpc) is 2.91. The molecule has 4 nitrogen and oxygen atoms in total. The van der Waals surface area contributed by atoms with Gasteiger partial charge in [-0.3, -0.25) is 4.99 Å². The van der Waals surface area contributed by atoms with Gasteiger partial charge >= 0.3 is 0 Å². The van der Waals surface area contributed by atoms with Crippen molar-refractivity contribution in [3.05, 3.63) is 34.9 Å². The molecule has 0 bridgehead atoms. The zero-order valence-corrected chi connectivity index (χ0v) is 18.0. The summed E-state index contributed by atoms with van der Waals surface area (Å²) in [6, 6.07) is 6.66. The molecule has 0 saturated carbocycles. The van der Waals surface area contributed by atoms with E-state index in [4.69, 9.17) is 0 Å². The normalized spacial score (nSPS) is 20.6. The highest BCUT2D eigenvalue weighted by Crippen LogP contribution is 2.27. The zero-order valence-electron chi connectivity index (χ0n) is 14.9. The number of thioether (sulfide) groups is 1. The second kappa shape index (κ2) is 10.5. The van der Waals surface area contributed by atoms with E-state index < -0.39 is 5.60 Å². The number of nitrogens with zero attached hydrogens (tertiary/aromatic N) is 1. The maximum Gasteiger partial charge on any atom is 0.191 e. The molecule has 6 heteroatoms. The molecule has 1 saturated heterocycles. The zero-order chi connectivity index (χ0) is 16.7. The fraction of sp³-hybridized carbons (Fsp3) is 0.611. The van der Waals surface area contributed by atoms with Gasteiger partial charge in [-0.1, -0.05) is 29.3 Å². The van der Waals surface area contributed by atoms with Crippen LogP contribution in [0.4, 0.5) is 0 Å². The Morgan fingerprint density at radius 3 is 2.54 bits per heavy atom. The molecule has 0 radical (unpaired) electrons. The van der Waals surface area contributed by atoms with E-state index >= 15 is 0 Å². The van der Waals surface area contributed by atoms with Crippen molar-refractivity contribution >= 4 is 41.7 Å². The molecule has 1 unspecified atom stereocenters. The molecule has 0 amide bonds. The molecule has 0 aliphatic carbocycles. The summed E-state index contributed by atoms with van der Waals surface area (Å²) in [5.41, 5.74) is 3.33. The van der Waals surface area contributed by atoms with E-state index in [9.17, 15) is 5.11 Å². The maximum atomic E-state index is 10.4. The Balaban J connectivity index is 0.00000288. The summed E-state index contributed by atoms with van der Waals surface area (Å²) >= 11 is 1.80. The van der Waals surface area contributed by atoms with Crippen LogP contribution in [0.15, 0.2) is 23.2 Å². The predicted octanol–water partition coefficient (Wildman–Crippen LogP) is 2.89. The Labute approximate surface area is 167 Å². The number of hydrogen-bond donors (Lipinski definition) is 3. The molecule has 136 valence electrons. The standard InChI is InChI=1S/C18H29N3OS.HI/c1-4-19-17(21-12-18(22)6-8-23-13-18)20-7-5-16-10-14(2)9-15(3)11-16;/h9-11,22H,4-8,12-13H2,1-3H3,(H2,19,20,21);1H. The second-order valence-corrected chi connectivity index (χ2v) is 7.50. The van der Waals surface area contributed by atoms with Gasteiger partial charge in [-0.2, -0.15) is 11.8 Å². The summed E-state index contributed by atoms with van der Waals surface area (Å²) in [7, 11) is 0. The molecule has 1 aromatic carbocycles. The first-order chi connectivity index (χ1) is 11.0. The van der Waals surface area contributed by atoms with E-state index in [0.29, 0.717) is 6.54 Å². The van der Waals surface area contributed by atoms with E-state index in [2.05, 4.69) is 54.6 Å². The number of benzene rings is 1. The summed E-state index contributed by atoms with van der Waals surface area (Å²) in [4.78, 5) is 4.56. The van der Waals surface area contributed by atoms with Crippen molar-refractivity contribution in [2.24, 2.45) is 4.99 Å². The molecular weight excluding hydrogens is 433 g/mol. The minimum absolute atomic E-state index is 0. The van der Waals surface area contributed by atoms with Crippen LogP contribution < -0.4 is 10.6 Å². The fourth-order valence-corrected chi connectivity index (χ4v) is 4.11. The first-order valence-electron chi connectivity index (χ1n) is 8.40. The van der Waals surface area contributed by atoms with Crippen molar-refractivity contribution in [3.63, 3.8) is 0 Å². The molecule has 1 aromatic rings. The first kappa shape index (κ1) is 21.6. The lowest BCUT2D eigenvalue weighted by molar-refractivity contribution is 0.0778. The Morgan fingerprint density at radius 1 is 1.25 bits per heavy atom. The molecule has 1 atom stereocenters. The van der Waals surface area contributed by atoms with E-state index in [1.54, 1.807) is 11.8 Å². The van der Waals surface area contributed by atoms with E-state index in [0.717, 1.165) is 43.4 Å². The lowest BCUT2D eigenvalue weighted by atomic mass is 10.0. The second-order valence-electron chi connectivity index (χ2n) is 6.39. The third-order valence-electron chi connectivity index (χ3n) is 3.95. The van der Waals surface area contributed by atoms with Crippen LogP contribution in [0.2, 0.25) is 0 Å². The van der Waals surface area contributed by atoms with Crippen LogP contribution in [0.3, 0.4) is 0 Å². The van der Waals surface area contributed by atoms with Gasteiger partial charge < -0.3 is 15.7 Å². The lowest BCUT2D eigenvalue weighted by Crippen LogP contribution is -2.40. The SMILES string of the molecule is CCNC(=NCC1(O)CCSC1)NCCc1cc(C)cc(C)c1.I. The molecule has 0 aromatic heterocycles. The molecule has 1 fully saturated rings. The van der Waals surface area contributed by atoms with Crippen LogP contribution in [0.5, 0.6) is 0 Å². The molecule has 3 N–H and O–H groups in total. The topological polar surface area (TPSA) is 56.7 Å². The third-order valence-corrected chi connectivity index (χ3v) is 5.18. The van der Waals surface area contributed by atoms with Crippen LogP contribution in [0.25, 0.3) is 0 Å². The molecule has 0 spiro atoms. The number of guanidine groups is 1. The van der Waals surface area contributed by atoms with Crippen LogP contribution in [0.1, 0.15) is 30.0 Å². The summed E-state index contributed by atoms with van der Waals surface area (Å²) in [6.45, 7) is 8.45. The Morgan fingerprint density at radius 2 is 1.96 bits per heavy atom. The highest BCUT2D eigenvalue weighted by molar-refractivity contribution is 14.0. The number of aliphatic imine (C=N–C) groups is 1. The van der Waals surface area contributed by atoms with Crippen molar-refractivity contribution in [3.8, 4) is 0 Å². The highest BCUT2D eigenvalue weighted by atomic mass is 127. The Hall–Kier alpha value is -0.470. The van der Waals surface area contributed by atoms with Gasteiger partial charge in [-0.25, -0.2) is 0 Å². The molecule has 1 aliphatic rings. The minimum atomic E-state index is -0.624. The fourth-order valence-electron chi connectivity index (χ4n) is 2.83. The van der Waals surface area contributed by atoms with Gasteiger partial charge in [0.25, 0.3) is 0 Å². The van der Waals surface area contributed by atoms with Crippen molar-refractivity contribution in [1.82, 2.24) is 10.6 Å². The van der Waals surface area contributed by atoms with Gasteiger partial charge in [0, 0.05) is 18.8 Å². The van der Waals surface area contributed by atoms with Crippen molar-refractivity contribution in [2.45, 2.75) is 39.2 Å². The van der Waals surface area contributed by atoms with Gasteiger partial charge in [0.1, 0.15) is 0 Å². The Kier molecular flexibility index (Phi) is 9.44. The van der Waals surface area contributed by atoms with Crippen molar-refractivity contribution in [2.75, 3.05) is 31.1 Å². The molecular formula is C18H30IN3OS. The molecule has 24 heavy (non-hydrogen) atoms. The van der Waals surface area contributed by atoms with Crippen molar-refractivity contribution < 1.29 is 5.11 Å². The van der Waals surface area contributed by atoms with Gasteiger partial charge in [0.05, 0.1) is 12.1 Å². The van der Waals surface area contributed by atoms with E-state index in [1.807, 2.05) is 0 Å². The quantitative estimate of drug-likeness (QED) is 0.345. The third kappa shape index (κ3) is 7.19. The first-order valence-corrected chi connectivity index (χ1v) is 9.56. The Bertz CT molecular complexity index is 525.